The Morgan fingerprint density at radius 1 is 0.977 bits per heavy atom. The van der Waals surface area contributed by atoms with Crippen molar-refractivity contribution in [2.45, 2.75) is 103 Å². The highest BCUT2D eigenvalue weighted by atomic mass is 16.5. The number of nitrogens with two attached hydrogens (primary N) is 1. The molecule has 1 aliphatic rings. The average Bonchev–Trinajstić information content (AvgIpc) is 3.81. The quantitative estimate of drug-likeness (QED) is 0.162. The van der Waals surface area contributed by atoms with Gasteiger partial charge in [0.25, 0.3) is 0 Å². The summed E-state index contributed by atoms with van der Waals surface area (Å²) >= 11 is 0. The van der Waals surface area contributed by atoms with Gasteiger partial charge in [-0.1, -0.05) is 64.1 Å². The second-order valence-electron chi connectivity index (χ2n) is 14.0. The molecule has 2 aromatic rings. The molecule has 0 aliphatic heterocycles. The second kappa shape index (κ2) is 16.1. The monoisotopic (exact) mass is 610 g/mol. The number of hydrogen-bond donors (Lipinski definition) is 3. The topological polar surface area (TPSA) is 103 Å². The highest BCUT2D eigenvalue weighted by Gasteiger charge is 2.56. The Labute approximate surface area is 266 Å². The van der Waals surface area contributed by atoms with Crippen molar-refractivity contribution in [3.63, 3.8) is 0 Å². The summed E-state index contributed by atoms with van der Waals surface area (Å²) in [6.07, 6.45) is 3.92. The number of ether oxygens (including phenoxy) is 3. The van der Waals surface area contributed by atoms with Crippen LogP contribution in [0.3, 0.4) is 0 Å². The summed E-state index contributed by atoms with van der Waals surface area (Å²) in [6.45, 7) is 13.9. The van der Waals surface area contributed by atoms with E-state index in [1.807, 2.05) is 18.2 Å². The highest BCUT2D eigenvalue weighted by Crippen LogP contribution is 2.55. The van der Waals surface area contributed by atoms with Crippen LogP contribution in [0, 0.1) is 23.7 Å². The van der Waals surface area contributed by atoms with Crippen LogP contribution < -0.4 is 20.5 Å². The van der Waals surface area contributed by atoms with Crippen molar-refractivity contribution in [3.05, 3.63) is 59.7 Å². The first-order valence-electron chi connectivity index (χ1n) is 16.4. The fraction of sp³-hybridized carbons (Fsp3) is 0.649. The van der Waals surface area contributed by atoms with Gasteiger partial charge in [-0.2, -0.15) is 0 Å². The molecule has 1 saturated carbocycles. The maximum atomic E-state index is 13.7. The first-order valence-corrected chi connectivity index (χ1v) is 16.4. The normalized spacial score (nSPS) is 17.2. The van der Waals surface area contributed by atoms with Crippen molar-refractivity contribution in [1.82, 2.24) is 5.32 Å². The molecule has 4 N–H and O–H groups in total. The molecular formula is C37H58N2O5. The molecule has 1 aliphatic carbocycles. The summed E-state index contributed by atoms with van der Waals surface area (Å²) in [6, 6.07) is 16.1. The molecule has 0 aromatic heterocycles. The van der Waals surface area contributed by atoms with Crippen molar-refractivity contribution >= 4 is 5.91 Å². The molecule has 44 heavy (non-hydrogen) atoms. The lowest BCUT2D eigenvalue weighted by Gasteiger charge is -2.38. The first kappa shape index (κ1) is 35.9. The molecule has 1 amide bonds. The van der Waals surface area contributed by atoms with Gasteiger partial charge in [-0.25, -0.2) is 0 Å². The van der Waals surface area contributed by atoms with E-state index in [-0.39, 0.29) is 29.1 Å². The predicted octanol–water partition coefficient (Wildman–Crippen LogP) is 6.29. The molecular weight excluding hydrogens is 552 g/mol. The van der Waals surface area contributed by atoms with Crippen molar-refractivity contribution in [1.29, 1.82) is 0 Å². The SMILES string of the molecule is COCCCOc1cc(C[C@@H](C[C@H](N)[C@@H](O)C[C@H](C(=O)NC(C)(C)C2(c3ccccc3)CC2)C(C)C)C(C)C)ccc1OC. The third-order valence-electron chi connectivity index (χ3n) is 9.83. The van der Waals surface area contributed by atoms with E-state index in [9.17, 15) is 9.90 Å². The minimum atomic E-state index is -0.780. The van der Waals surface area contributed by atoms with Crippen LogP contribution in [0.5, 0.6) is 11.5 Å². The van der Waals surface area contributed by atoms with Crippen LogP contribution in [0.2, 0.25) is 0 Å². The average molecular weight is 611 g/mol. The van der Waals surface area contributed by atoms with Crippen LogP contribution >= 0.6 is 0 Å². The number of carbonyl (C=O) groups excluding carboxylic acids is 1. The molecule has 7 nitrogen and oxygen atoms in total. The zero-order valence-corrected chi connectivity index (χ0v) is 28.4. The minimum Gasteiger partial charge on any atom is -0.493 e. The van der Waals surface area contributed by atoms with Crippen LogP contribution in [0.25, 0.3) is 0 Å². The van der Waals surface area contributed by atoms with E-state index in [1.165, 1.54) is 5.56 Å². The molecule has 7 heteroatoms. The maximum Gasteiger partial charge on any atom is 0.223 e. The second-order valence-corrected chi connectivity index (χ2v) is 14.0. The van der Waals surface area contributed by atoms with Gasteiger partial charge in [-0.3, -0.25) is 4.79 Å². The Kier molecular flexibility index (Phi) is 13.1. The number of rotatable bonds is 19. The molecule has 3 rings (SSSR count). The van der Waals surface area contributed by atoms with Gasteiger partial charge in [0.1, 0.15) is 0 Å². The van der Waals surface area contributed by atoms with E-state index in [0.717, 1.165) is 37.0 Å². The molecule has 1 fully saturated rings. The van der Waals surface area contributed by atoms with E-state index < -0.39 is 17.7 Å². The molecule has 2 aromatic carbocycles. The molecule has 0 spiro atoms. The van der Waals surface area contributed by atoms with Crippen LogP contribution in [0.4, 0.5) is 0 Å². The van der Waals surface area contributed by atoms with E-state index >= 15 is 0 Å². The largest absolute Gasteiger partial charge is 0.493 e. The summed E-state index contributed by atoms with van der Waals surface area (Å²) in [5, 5.41) is 14.7. The maximum absolute atomic E-state index is 13.7. The third kappa shape index (κ3) is 9.21. The molecule has 0 unspecified atom stereocenters. The molecule has 0 radical (unpaired) electrons. The summed E-state index contributed by atoms with van der Waals surface area (Å²) < 4.78 is 16.6. The minimum absolute atomic E-state index is 0.00451. The summed E-state index contributed by atoms with van der Waals surface area (Å²) in [7, 11) is 3.33. The first-order chi connectivity index (χ1) is 20.8. The van der Waals surface area contributed by atoms with Crippen molar-refractivity contribution in [2.75, 3.05) is 27.4 Å². The number of carbonyl (C=O) groups is 1. The Morgan fingerprint density at radius 3 is 2.23 bits per heavy atom. The summed E-state index contributed by atoms with van der Waals surface area (Å²) in [5.41, 5.74) is 8.63. The lowest BCUT2D eigenvalue weighted by atomic mass is 9.77. The van der Waals surface area contributed by atoms with E-state index in [2.05, 4.69) is 77.2 Å². The standard InChI is InChI=1S/C37H58N2O5/c1-25(2)28(21-27-15-16-33(43-8)34(22-27)44-20-12-19-42-7)23-31(38)32(40)24-30(26(3)4)35(41)39-36(5,6)37(17-18-37)29-13-10-9-11-14-29/h9-11,13-16,22,25-26,28,30-32,40H,12,17-21,23-24,38H2,1-8H3,(H,39,41)/t28-,30-,31-,32-/m0/s1. The van der Waals surface area contributed by atoms with Gasteiger partial charge in [-0.05, 0) is 87.0 Å². The van der Waals surface area contributed by atoms with Crippen LogP contribution in [0.15, 0.2) is 48.5 Å². The van der Waals surface area contributed by atoms with Crippen molar-refractivity contribution < 1.29 is 24.1 Å². The van der Waals surface area contributed by atoms with Gasteiger partial charge in [0.15, 0.2) is 11.5 Å². The van der Waals surface area contributed by atoms with Crippen LogP contribution in [-0.2, 0) is 21.4 Å². The van der Waals surface area contributed by atoms with Crippen LogP contribution in [0.1, 0.15) is 84.8 Å². The predicted molar refractivity (Wildman–Crippen MR) is 178 cm³/mol. The zero-order valence-electron chi connectivity index (χ0n) is 28.4. The van der Waals surface area contributed by atoms with Gasteiger partial charge in [0.2, 0.25) is 5.91 Å². The number of nitrogens with one attached hydrogen (secondary N) is 1. The van der Waals surface area contributed by atoms with Gasteiger partial charge in [-0.15, -0.1) is 0 Å². The van der Waals surface area contributed by atoms with Crippen LogP contribution in [-0.4, -0.2) is 56.1 Å². The number of hydrogen-bond acceptors (Lipinski definition) is 6. The smallest absolute Gasteiger partial charge is 0.223 e. The van der Waals surface area contributed by atoms with Gasteiger partial charge < -0.3 is 30.4 Å². The lowest BCUT2D eigenvalue weighted by molar-refractivity contribution is -0.129. The molecule has 4 atom stereocenters. The number of methoxy groups -OCH3 is 2. The van der Waals surface area contributed by atoms with E-state index in [1.54, 1.807) is 14.2 Å². The number of amides is 1. The number of aliphatic hydroxyl groups is 1. The van der Waals surface area contributed by atoms with Crippen molar-refractivity contribution in [3.8, 4) is 11.5 Å². The Morgan fingerprint density at radius 2 is 1.66 bits per heavy atom. The molecule has 0 bridgehead atoms. The highest BCUT2D eigenvalue weighted by molar-refractivity contribution is 5.80. The number of aliphatic hydroxyl groups excluding tert-OH is 1. The molecule has 246 valence electrons. The Hall–Kier alpha value is -2.61. The third-order valence-corrected chi connectivity index (χ3v) is 9.83. The summed E-state index contributed by atoms with van der Waals surface area (Å²) in [5.74, 6) is 1.77. The van der Waals surface area contributed by atoms with Gasteiger partial charge >= 0.3 is 0 Å². The summed E-state index contributed by atoms with van der Waals surface area (Å²) in [4.78, 5) is 13.7. The Balaban J connectivity index is 1.64. The number of benzene rings is 2. The molecule has 0 heterocycles. The van der Waals surface area contributed by atoms with E-state index in [0.29, 0.717) is 37.7 Å². The van der Waals surface area contributed by atoms with Gasteiger partial charge in [0, 0.05) is 43.1 Å². The fourth-order valence-corrected chi connectivity index (χ4v) is 6.54. The Bertz CT molecular complexity index is 1160. The lowest BCUT2D eigenvalue weighted by Crippen LogP contribution is -2.55. The van der Waals surface area contributed by atoms with E-state index in [4.69, 9.17) is 19.9 Å². The van der Waals surface area contributed by atoms with Gasteiger partial charge in [0.05, 0.1) is 19.8 Å². The zero-order chi connectivity index (χ0) is 32.5. The fourth-order valence-electron chi connectivity index (χ4n) is 6.54. The van der Waals surface area contributed by atoms with Crippen molar-refractivity contribution in [2.24, 2.45) is 29.4 Å². The molecule has 0 saturated heterocycles.